The summed E-state index contributed by atoms with van der Waals surface area (Å²) in [5, 5.41) is 70.0. The number of nitrogens with zero attached hydrogens (tertiary/aromatic N) is 1. The van der Waals surface area contributed by atoms with Crippen LogP contribution in [0.2, 0.25) is 0 Å². The second-order valence-electron chi connectivity index (χ2n) is 7.29. The topological polar surface area (TPSA) is 180 Å². The van der Waals surface area contributed by atoms with Crippen LogP contribution in [-0.2, 0) is 11.2 Å². The molecular weight excluding hydrogens is 390 g/mol. The molecule has 11 heteroatoms. The Kier molecular flexibility index (Phi) is 5.41. The first-order chi connectivity index (χ1) is 13.4. The Labute approximate surface area is 166 Å². The number of aromatic hydroxyl groups is 2. The second kappa shape index (κ2) is 7.27. The van der Waals surface area contributed by atoms with E-state index in [1.54, 1.807) is 0 Å². The van der Waals surface area contributed by atoms with Gasteiger partial charge in [0.1, 0.15) is 5.78 Å². The standard InChI is InChI=1S/C18H25NO10/c1-3-4-9-11(20)7-10-12-8(5-6-19(10)17(9,23)24)13(21)16(29-18(25,26)27)15(28-2)14(12)22/h9-10,21-27H,3-7H2,1-2H3. The number of hydrogen-bond donors (Lipinski definition) is 7. The van der Waals surface area contributed by atoms with Gasteiger partial charge < -0.3 is 45.2 Å². The number of piperidine rings is 1. The summed E-state index contributed by atoms with van der Waals surface area (Å²) < 4.78 is 9.49. The minimum absolute atomic E-state index is 0.0107. The van der Waals surface area contributed by atoms with Gasteiger partial charge in [-0.2, -0.15) is 0 Å². The van der Waals surface area contributed by atoms with Crippen LogP contribution in [0.4, 0.5) is 0 Å². The fraction of sp³-hybridized carbons (Fsp3) is 0.611. The third-order valence-corrected chi connectivity index (χ3v) is 5.51. The van der Waals surface area contributed by atoms with Crippen LogP contribution in [0.5, 0.6) is 23.0 Å². The molecule has 0 aromatic heterocycles. The summed E-state index contributed by atoms with van der Waals surface area (Å²) in [4.78, 5) is 13.9. The van der Waals surface area contributed by atoms with Crippen LogP contribution < -0.4 is 9.47 Å². The molecular formula is C18H25NO10. The molecule has 2 unspecified atom stereocenters. The zero-order valence-electron chi connectivity index (χ0n) is 16.0. The molecule has 7 N–H and O–H groups in total. The highest BCUT2D eigenvalue weighted by Crippen LogP contribution is 2.56. The first-order valence-electron chi connectivity index (χ1n) is 9.18. The molecule has 1 fully saturated rings. The molecule has 0 amide bonds. The Hall–Kier alpha value is -2.15. The summed E-state index contributed by atoms with van der Waals surface area (Å²) >= 11 is 0. The molecule has 2 heterocycles. The Morgan fingerprint density at radius 3 is 2.38 bits per heavy atom. The lowest BCUT2D eigenvalue weighted by molar-refractivity contribution is -0.420. The highest BCUT2D eigenvalue weighted by atomic mass is 16.9. The average Bonchev–Trinajstić information content (AvgIpc) is 2.61. The van der Waals surface area contributed by atoms with E-state index in [-0.39, 0.29) is 36.9 Å². The summed E-state index contributed by atoms with van der Waals surface area (Å²) in [6.07, 6.45) is -2.93. The molecule has 29 heavy (non-hydrogen) atoms. The zero-order chi connectivity index (χ0) is 21.7. The Morgan fingerprint density at radius 2 is 1.83 bits per heavy atom. The lowest BCUT2D eigenvalue weighted by Gasteiger charge is -2.50. The van der Waals surface area contributed by atoms with Crippen LogP contribution in [0, 0.1) is 5.92 Å². The molecule has 162 valence electrons. The summed E-state index contributed by atoms with van der Waals surface area (Å²) in [5.74, 6) is -6.31. The molecule has 0 spiro atoms. The number of carbonyl (C=O) groups is 1. The van der Waals surface area contributed by atoms with Gasteiger partial charge in [-0.3, -0.25) is 4.79 Å². The van der Waals surface area contributed by atoms with Crippen LogP contribution in [-0.4, -0.2) is 72.2 Å². The molecule has 2 atom stereocenters. The number of ketones is 1. The molecule has 1 aromatic rings. The number of aliphatic hydroxyl groups is 5. The number of carbonyl (C=O) groups excluding carboxylic acids is 1. The van der Waals surface area contributed by atoms with E-state index in [1.165, 1.54) is 4.90 Å². The normalized spacial score (nSPS) is 24.0. The summed E-state index contributed by atoms with van der Waals surface area (Å²) in [7, 11) is 1.10. The van der Waals surface area contributed by atoms with Gasteiger partial charge in [-0.05, 0) is 12.8 Å². The molecule has 1 saturated heterocycles. The van der Waals surface area contributed by atoms with Crippen molar-refractivity contribution in [2.24, 2.45) is 5.92 Å². The Bertz CT molecular complexity index is 816. The van der Waals surface area contributed by atoms with Crippen molar-refractivity contribution < 1.29 is 50.0 Å². The van der Waals surface area contributed by atoms with E-state index in [1.807, 2.05) is 6.92 Å². The van der Waals surface area contributed by atoms with E-state index in [4.69, 9.17) is 20.1 Å². The zero-order valence-corrected chi connectivity index (χ0v) is 16.0. The van der Waals surface area contributed by atoms with Gasteiger partial charge in [0.15, 0.2) is 11.5 Å². The monoisotopic (exact) mass is 415 g/mol. The third-order valence-electron chi connectivity index (χ3n) is 5.51. The van der Waals surface area contributed by atoms with Crippen LogP contribution in [0.1, 0.15) is 43.4 Å². The number of methoxy groups -OCH3 is 1. The van der Waals surface area contributed by atoms with Gasteiger partial charge in [0.05, 0.1) is 19.1 Å². The largest absolute Gasteiger partial charge is 0.504 e. The van der Waals surface area contributed by atoms with Crippen molar-refractivity contribution >= 4 is 5.78 Å². The molecule has 2 aliphatic heterocycles. The van der Waals surface area contributed by atoms with Gasteiger partial charge in [-0.15, -0.1) is 0 Å². The summed E-state index contributed by atoms with van der Waals surface area (Å²) in [5.41, 5.74) is 0.134. The van der Waals surface area contributed by atoms with Crippen molar-refractivity contribution in [2.75, 3.05) is 13.7 Å². The third kappa shape index (κ3) is 3.50. The molecule has 11 nitrogen and oxygen atoms in total. The van der Waals surface area contributed by atoms with Crippen molar-refractivity contribution in [3.8, 4) is 23.0 Å². The highest BCUT2D eigenvalue weighted by molar-refractivity contribution is 5.84. The van der Waals surface area contributed by atoms with Gasteiger partial charge in [0.25, 0.3) is 0 Å². The van der Waals surface area contributed by atoms with Gasteiger partial charge in [0.2, 0.25) is 17.4 Å². The fourth-order valence-electron chi connectivity index (χ4n) is 4.32. The number of benzene rings is 1. The van der Waals surface area contributed by atoms with Gasteiger partial charge in [0, 0.05) is 24.1 Å². The summed E-state index contributed by atoms with van der Waals surface area (Å²) in [6.45, 7) is 1.85. The number of ether oxygens (including phenoxy) is 2. The number of hydrogen-bond acceptors (Lipinski definition) is 11. The number of phenolic OH excluding ortho intramolecular Hbond substituents is 2. The van der Waals surface area contributed by atoms with Gasteiger partial charge in [-0.1, -0.05) is 13.3 Å². The van der Waals surface area contributed by atoms with E-state index in [0.717, 1.165) is 7.11 Å². The first kappa shape index (κ1) is 21.6. The summed E-state index contributed by atoms with van der Waals surface area (Å²) in [6, 6.07) is -0.967. The van der Waals surface area contributed by atoms with Crippen molar-refractivity contribution in [1.29, 1.82) is 0 Å². The van der Waals surface area contributed by atoms with E-state index in [0.29, 0.717) is 6.42 Å². The first-order valence-corrected chi connectivity index (χ1v) is 9.18. The van der Waals surface area contributed by atoms with Gasteiger partial charge in [-0.25, -0.2) is 4.90 Å². The molecule has 2 aliphatic rings. The van der Waals surface area contributed by atoms with Crippen LogP contribution >= 0.6 is 0 Å². The quantitative estimate of drug-likeness (QED) is 0.231. The van der Waals surface area contributed by atoms with Crippen LogP contribution in [0.15, 0.2) is 0 Å². The maximum absolute atomic E-state index is 12.6. The predicted octanol–water partition coefficient (Wildman–Crippen LogP) is -1.000. The average molecular weight is 415 g/mol. The van der Waals surface area contributed by atoms with E-state index >= 15 is 0 Å². The van der Waals surface area contributed by atoms with Crippen molar-refractivity contribution in [1.82, 2.24) is 4.90 Å². The van der Waals surface area contributed by atoms with Crippen molar-refractivity contribution in [2.45, 2.75) is 50.7 Å². The van der Waals surface area contributed by atoms with Crippen molar-refractivity contribution in [3.63, 3.8) is 0 Å². The smallest absolute Gasteiger partial charge is 0.453 e. The highest BCUT2D eigenvalue weighted by Gasteiger charge is 2.54. The van der Waals surface area contributed by atoms with Crippen LogP contribution in [0.3, 0.4) is 0 Å². The van der Waals surface area contributed by atoms with E-state index in [9.17, 15) is 25.2 Å². The predicted molar refractivity (Wildman–Crippen MR) is 94.7 cm³/mol. The molecule has 1 aromatic carbocycles. The second-order valence-corrected chi connectivity index (χ2v) is 7.29. The lowest BCUT2D eigenvalue weighted by Crippen LogP contribution is -2.63. The van der Waals surface area contributed by atoms with E-state index < -0.39 is 52.8 Å². The maximum atomic E-state index is 12.6. The Balaban J connectivity index is 2.15. The minimum atomic E-state index is -3.65. The van der Waals surface area contributed by atoms with Crippen LogP contribution in [0.25, 0.3) is 0 Å². The number of phenols is 2. The number of rotatable bonds is 5. The SMILES string of the molecule is CCCC1C(=O)CC2c3c(O)c(OC)c(OC(O)(O)O)c(O)c3CCN2C1(O)O. The number of Topliss-reactive ketones (excluding diaryl/α,β-unsaturated/α-hetero) is 1. The molecule has 0 saturated carbocycles. The molecule has 0 radical (unpaired) electrons. The van der Waals surface area contributed by atoms with Crippen molar-refractivity contribution in [3.05, 3.63) is 11.1 Å². The molecule has 0 aliphatic carbocycles. The molecule has 0 bridgehead atoms. The maximum Gasteiger partial charge on any atom is 0.453 e. The lowest BCUT2D eigenvalue weighted by atomic mass is 9.78. The number of fused-ring (bicyclic) bond motifs is 3. The van der Waals surface area contributed by atoms with E-state index in [2.05, 4.69) is 4.74 Å². The molecule has 3 rings (SSSR count). The van der Waals surface area contributed by atoms with Gasteiger partial charge >= 0.3 is 6.16 Å². The Morgan fingerprint density at radius 1 is 1.17 bits per heavy atom. The fourth-order valence-corrected chi connectivity index (χ4v) is 4.32. The minimum Gasteiger partial charge on any atom is -0.504 e.